The molecule has 3 amide bonds. The van der Waals surface area contributed by atoms with Gasteiger partial charge in [-0.15, -0.1) is 0 Å². The Hall–Kier alpha value is -3.64. The minimum absolute atomic E-state index is 0.0104. The Bertz CT molecular complexity index is 957. The fourth-order valence-electron chi connectivity index (χ4n) is 3.36. The highest BCUT2D eigenvalue weighted by atomic mass is 19.4. The number of alkyl halides is 3. The topological polar surface area (TPSA) is 122 Å². The quantitative estimate of drug-likeness (QED) is 0.521. The lowest BCUT2D eigenvalue weighted by Crippen LogP contribution is -2.53. The van der Waals surface area contributed by atoms with E-state index in [2.05, 4.69) is 5.32 Å². The highest BCUT2D eigenvalue weighted by Gasteiger charge is 2.37. The summed E-state index contributed by atoms with van der Waals surface area (Å²) in [6, 6.07) is 4.51. The third kappa shape index (κ3) is 5.15. The minimum Gasteiger partial charge on any atom is -0.427 e. The Morgan fingerprint density at radius 2 is 1.75 bits per heavy atom. The molecule has 1 N–H and O–H groups in total. The van der Waals surface area contributed by atoms with Gasteiger partial charge in [0.25, 0.3) is 11.8 Å². The third-order valence-corrected chi connectivity index (χ3v) is 5.04. The molecule has 1 aromatic carbocycles. The van der Waals surface area contributed by atoms with E-state index in [0.717, 1.165) is 12.1 Å². The first-order valence-corrected chi connectivity index (χ1v) is 9.60. The number of hydrogen-bond acceptors (Lipinski definition) is 6. The first-order valence-electron chi connectivity index (χ1n) is 9.60. The van der Waals surface area contributed by atoms with Gasteiger partial charge in [0, 0.05) is 38.7 Å². The van der Waals surface area contributed by atoms with Gasteiger partial charge >= 0.3 is 12.1 Å². The number of carbonyl (C=O) groups excluding carboxylic acids is 3. The van der Waals surface area contributed by atoms with Crippen molar-refractivity contribution >= 4 is 17.7 Å². The number of rotatable bonds is 5. The summed E-state index contributed by atoms with van der Waals surface area (Å²) >= 11 is 0. The van der Waals surface area contributed by atoms with Crippen LogP contribution in [-0.2, 0) is 20.5 Å². The molecule has 2 aliphatic rings. The lowest BCUT2D eigenvalue weighted by molar-refractivity contribution is -0.462. The van der Waals surface area contributed by atoms with Gasteiger partial charge in [-0.2, -0.15) is 13.2 Å². The highest BCUT2D eigenvalue weighted by Crippen LogP contribution is 2.32. The van der Waals surface area contributed by atoms with Gasteiger partial charge < -0.3 is 19.9 Å². The fraction of sp³-hybridized carbons (Fsp3) is 0.421. The van der Waals surface area contributed by atoms with Crippen LogP contribution in [0.15, 0.2) is 36.2 Å². The number of benzene rings is 1. The van der Waals surface area contributed by atoms with E-state index in [1.54, 1.807) is 0 Å². The number of nitro groups is 1. The van der Waals surface area contributed by atoms with Crippen LogP contribution in [-0.4, -0.2) is 71.3 Å². The zero-order chi connectivity index (χ0) is 23.5. The Morgan fingerprint density at radius 3 is 2.34 bits per heavy atom. The molecule has 0 aliphatic carbocycles. The van der Waals surface area contributed by atoms with E-state index in [1.807, 2.05) is 0 Å². The normalized spacial score (nSPS) is 18.6. The zero-order valence-corrected chi connectivity index (χ0v) is 16.6. The van der Waals surface area contributed by atoms with Crippen LogP contribution in [0, 0.1) is 10.1 Å². The van der Waals surface area contributed by atoms with Crippen LogP contribution < -0.4 is 5.32 Å². The van der Waals surface area contributed by atoms with Crippen molar-refractivity contribution in [2.75, 3.05) is 32.7 Å². The molecule has 1 atom stereocenters. The number of nitrogens with zero attached hydrogens (tertiary/aromatic N) is 3. The standard InChI is InChI=1S/C19H19F3N4O6/c20-19(21,22)13-4-2-1-3-12(13)18(29)25-9-7-24(8-10-25)15(27)11-23-17(28)14-5-6-16(32-14)26(30)31/h1-4,6,14H,5,7-11H2,(H,23,28). The summed E-state index contributed by atoms with van der Waals surface area (Å²) in [5, 5.41) is 13.0. The second-order valence-electron chi connectivity index (χ2n) is 7.08. The average molecular weight is 456 g/mol. The lowest BCUT2D eigenvalue weighted by atomic mass is 10.1. The van der Waals surface area contributed by atoms with E-state index < -0.39 is 51.9 Å². The second kappa shape index (κ2) is 9.24. The van der Waals surface area contributed by atoms with Gasteiger partial charge in [0.2, 0.25) is 5.91 Å². The fourth-order valence-corrected chi connectivity index (χ4v) is 3.36. The van der Waals surface area contributed by atoms with Crippen molar-refractivity contribution in [1.29, 1.82) is 0 Å². The Balaban J connectivity index is 1.49. The predicted octanol–water partition coefficient (Wildman–Crippen LogP) is 1.01. The molecule has 1 aromatic rings. The van der Waals surface area contributed by atoms with Crippen LogP contribution in [0.2, 0.25) is 0 Å². The summed E-state index contributed by atoms with van der Waals surface area (Å²) < 4.78 is 44.4. The van der Waals surface area contributed by atoms with Crippen LogP contribution in [0.5, 0.6) is 0 Å². The van der Waals surface area contributed by atoms with E-state index in [9.17, 15) is 37.7 Å². The maximum atomic E-state index is 13.2. The lowest BCUT2D eigenvalue weighted by Gasteiger charge is -2.35. The van der Waals surface area contributed by atoms with Crippen molar-refractivity contribution in [2.45, 2.75) is 18.7 Å². The zero-order valence-electron chi connectivity index (χ0n) is 16.6. The summed E-state index contributed by atoms with van der Waals surface area (Å²) in [5.41, 5.74) is -1.47. The molecule has 2 aliphatic heterocycles. The van der Waals surface area contributed by atoms with E-state index in [1.165, 1.54) is 28.0 Å². The predicted molar refractivity (Wildman–Crippen MR) is 102 cm³/mol. The van der Waals surface area contributed by atoms with Crippen LogP contribution in [0.4, 0.5) is 13.2 Å². The molecular formula is C19H19F3N4O6. The van der Waals surface area contributed by atoms with Crippen molar-refractivity contribution in [3.8, 4) is 0 Å². The number of piperazine rings is 1. The molecule has 1 fully saturated rings. The van der Waals surface area contributed by atoms with Crippen LogP contribution in [0.3, 0.4) is 0 Å². The first-order chi connectivity index (χ1) is 15.1. The molecule has 0 spiro atoms. The molecule has 0 radical (unpaired) electrons. The number of hydrogen-bond donors (Lipinski definition) is 1. The van der Waals surface area contributed by atoms with Gasteiger partial charge in [0.05, 0.1) is 17.7 Å². The largest absolute Gasteiger partial charge is 0.427 e. The van der Waals surface area contributed by atoms with Crippen molar-refractivity contribution in [2.24, 2.45) is 0 Å². The highest BCUT2D eigenvalue weighted by molar-refractivity contribution is 5.96. The van der Waals surface area contributed by atoms with Crippen molar-refractivity contribution < 1.29 is 37.2 Å². The van der Waals surface area contributed by atoms with Crippen LogP contribution in [0.25, 0.3) is 0 Å². The molecule has 0 aromatic heterocycles. The van der Waals surface area contributed by atoms with Gasteiger partial charge in [-0.25, -0.2) is 0 Å². The number of ether oxygens (including phenoxy) is 1. The van der Waals surface area contributed by atoms with Gasteiger partial charge in [-0.1, -0.05) is 12.1 Å². The van der Waals surface area contributed by atoms with Crippen LogP contribution in [0.1, 0.15) is 22.3 Å². The third-order valence-electron chi connectivity index (χ3n) is 5.04. The molecule has 3 rings (SSSR count). The molecule has 1 unspecified atom stereocenters. The molecule has 2 heterocycles. The molecule has 32 heavy (non-hydrogen) atoms. The van der Waals surface area contributed by atoms with E-state index >= 15 is 0 Å². The van der Waals surface area contributed by atoms with Gasteiger partial charge in [-0.3, -0.25) is 24.5 Å². The summed E-state index contributed by atoms with van der Waals surface area (Å²) in [6.45, 7) is -0.139. The molecule has 13 heteroatoms. The van der Waals surface area contributed by atoms with Crippen molar-refractivity contribution in [3.05, 3.63) is 57.5 Å². The number of nitrogens with one attached hydrogen (secondary N) is 1. The maximum Gasteiger partial charge on any atom is 0.424 e. The minimum atomic E-state index is -4.67. The second-order valence-corrected chi connectivity index (χ2v) is 7.08. The summed E-state index contributed by atoms with van der Waals surface area (Å²) in [6.07, 6.45) is -4.58. The number of amides is 3. The number of halogens is 3. The molecule has 0 saturated carbocycles. The van der Waals surface area contributed by atoms with E-state index in [-0.39, 0.29) is 39.1 Å². The summed E-state index contributed by atoms with van der Waals surface area (Å²) in [5.74, 6) is -2.43. The molecular weight excluding hydrogens is 437 g/mol. The maximum absolute atomic E-state index is 13.2. The van der Waals surface area contributed by atoms with Crippen molar-refractivity contribution in [1.82, 2.24) is 15.1 Å². The molecule has 0 bridgehead atoms. The Morgan fingerprint density at radius 1 is 1.12 bits per heavy atom. The smallest absolute Gasteiger partial charge is 0.424 e. The van der Waals surface area contributed by atoms with E-state index in [0.29, 0.717) is 0 Å². The SMILES string of the molecule is O=C(NCC(=O)N1CCN(C(=O)c2ccccc2C(F)(F)F)CC1)C1CC=C([N+](=O)[O-])O1. The van der Waals surface area contributed by atoms with Crippen molar-refractivity contribution in [3.63, 3.8) is 0 Å². The summed E-state index contributed by atoms with van der Waals surface area (Å²) in [7, 11) is 0. The monoisotopic (exact) mass is 456 g/mol. The molecule has 1 saturated heterocycles. The van der Waals surface area contributed by atoms with Gasteiger partial charge in [0.15, 0.2) is 6.10 Å². The van der Waals surface area contributed by atoms with Crippen LogP contribution >= 0.6 is 0 Å². The van der Waals surface area contributed by atoms with Gasteiger partial charge in [0.1, 0.15) is 4.92 Å². The van der Waals surface area contributed by atoms with Gasteiger partial charge in [-0.05, 0) is 12.1 Å². The van der Waals surface area contributed by atoms with E-state index in [4.69, 9.17) is 4.74 Å². The number of carbonyl (C=O) groups is 3. The first kappa shape index (κ1) is 23.0. The molecule has 10 nitrogen and oxygen atoms in total. The summed E-state index contributed by atoms with van der Waals surface area (Å²) in [4.78, 5) is 49.4. The Kier molecular flexibility index (Phi) is 6.65. The average Bonchev–Trinajstić information content (AvgIpc) is 3.27. The Labute approximate surface area is 179 Å². The molecule has 172 valence electrons.